The molecule has 18 heavy (non-hydrogen) atoms. The molecule has 0 aromatic heterocycles. The molecule has 1 fully saturated rings. The van der Waals surface area contributed by atoms with Crippen molar-refractivity contribution >= 4 is 5.91 Å². The van der Waals surface area contributed by atoms with E-state index < -0.39 is 18.9 Å². The first-order valence-electron chi connectivity index (χ1n) is 5.82. The monoisotopic (exact) mass is 269 g/mol. The van der Waals surface area contributed by atoms with E-state index in [4.69, 9.17) is 5.73 Å². The van der Waals surface area contributed by atoms with Crippen LogP contribution < -0.4 is 11.1 Å². The predicted octanol–water partition coefficient (Wildman–Crippen LogP) is 0.0621. The number of ether oxygens (including phenoxy) is 1. The molecule has 0 saturated carbocycles. The second-order valence-electron chi connectivity index (χ2n) is 4.21. The van der Waals surface area contributed by atoms with Crippen LogP contribution in [0.4, 0.5) is 13.2 Å². The summed E-state index contributed by atoms with van der Waals surface area (Å²) in [6.45, 7) is 1.11. The third-order valence-corrected chi connectivity index (χ3v) is 2.83. The van der Waals surface area contributed by atoms with E-state index in [0.29, 0.717) is 0 Å². The summed E-state index contributed by atoms with van der Waals surface area (Å²) in [6, 6.07) is 0.0792. The molecule has 1 aliphatic heterocycles. The number of nitrogens with two attached hydrogens (primary N) is 1. The minimum absolute atomic E-state index is 0.0358. The van der Waals surface area contributed by atoms with Crippen molar-refractivity contribution in [2.75, 3.05) is 32.8 Å². The number of piperidine rings is 1. The average Bonchev–Trinajstić information content (AvgIpc) is 2.27. The van der Waals surface area contributed by atoms with Gasteiger partial charge in [-0.2, -0.15) is 0 Å². The largest absolute Gasteiger partial charge is 0.522 e. The lowest BCUT2D eigenvalue weighted by molar-refractivity contribution is -0.325. The van der Waals surface area contributed by atoms with E-state index in [2.05, 4.69) is 10.1 Å². The van der Waals surface area contributed by atoms with Gasteiger partial charge < -0.3 is 11.1 Å². The molecule has 106 valence electrons. The second-order valence-corrected chi connectivity index (χ2v) is 4.21. The highest BCUT2D eigenvalue weighted by Crippen LogP contribution is 2.17. The molecule has 0 aromatic carbocycles. The molecule has 0 atom stereocenters. The standard InChI is InChI=1S/C10H18F3N3O2/c11-10(12,13)18-6-5-16(7-9(14)17)8-1-3-15-4-2-8/h8,15H,1-7H2,(H2,14,17). The molecule has 8 heteroatoms. The Kier molecular flexibility index (Phi) is 5.83. The summed E-state index contributed by atoms with van der Waals surface area (Å²) in [7, 11) is 0. The topological polar surface area (TPSA) is 67.6 Å². The summed E-state index contributed by atoms with van der Waals surface area (Å²) >= 11 is 0. The quantitative estimate of drug-likeness (QED) is 0.715. The van der Waals surface area contributed by atoms with Gasteiger partial charge in [0, 0.05) is 12.6 Å². The van der Waals surface area contributed by atoms with E-state index in [-0.39, 0.29) is 19.1 Å². The summed E-state index contributed by atoms with van der Waals surface area (Å²) in [5, 5.41) is 3.15. The van der Waals surface area contributed by atoms with Crippen LogP contribution in [-0.4, -0.2) is 56.0 Å². The van der Waals surface area contributed by atoms with Gasteiger partial charge in [-0.15, -0.1) is 13.2 Å². The molecular weight excluding hydrogens is 251 g/mol. The van der Waals surface area contributed by atoms with Crippen LogP contribution in [0.25, 0.3) is 0 Å². The van der Waals surface area contributed by atoms with Crippen LogP contribution in [0.5, 0.6) is 0 Å². The molecule has 1 heterocycles. The minimum atomic E-state index is -4.63. The molecule has 0 unspecified atom stereocenters. The van der Waals surface area contributed by atoms with E-state index in [0.717, 1.165) is 25.9 Å². The van der Waals surface area contributed by atoms with Gasteiger partial charge in [0.2, 0.25) is 5.91 Å². The van der Waals surface area contributed by atoms with E-state index in [1.54, 1.807) is 4.90 Å². The van der Waals surface area contributed by atoms with Crippen molar-refractivity contribution in [2.24, 2.45) is 5.73 Å². The first-order chi connectivity index (χ1) is 8.38. The molecule has 1 saturated heterocycles. The van der Waals surface area contributed by atoms with Gasteiger partial charge in [0.25, 0.3) is 0 Å². The van der Waals surface area contributed by atoms with Gasteiger partial charge in [-0.25, -0.2) is 0 Å². The van der Waals surface area contributed by atoms with Gasteiger partial charge >= 0.3 is 6.36 Å². The third kappa shape index (κ3) is 6.18. The lowest BCUT2D eigenvalue weighted by atomic mass is 10.0. The van der Waals surface area contributed by atoms with Gasteiger partial charge in [-0.3, -0.25) is 14.4 Å². The Labute approximate surface area is 103 Å². The van der Waals surface area contributed by atoms with Crippen molar-refractivity contribution in [3.8, 4) is 0 Å². The van der Waals surface area contributed by atoms with Crippen molar-refractivity contribution in [2.45, 2.75) is 25.2 Å². The fourth-order valence-corrected chi connectivity index (χ4v) is 2.04. The van der Waals surface area contributed by atoms with Crippen molar-refractivity contribution in [3.63, 3.8) is 0 Å². The number of alkyl halides is 3. The number of amides is 1. The third-order valence-electron chi connectivity index (χ3n) is 2.83. The molecule has 0 aromatic rings. The van der Waals surface area contributed by atoms with Crippen molar-refractivity contribution in [3.05, 3.63) is 0 Å². The Balaban J connectivity index is 2.41. The Hall–Kier alpha value is -0.860. The zero-order chi connectivity index (χ0) is 13.6. The number of hydrogen-bond donors (Lipinski definition) is 2. The number of halogens is 3. The zero-order valence-electron chi connectivity index (χ0n) is 10.0. The maximum Gasteiger partial charge on any atom is 0.522 e. The molecule has 1 aliphatic rings. The smallest absolute Gasteiger partial charge is 0.369 e. The number of hydrogen-bond acceptors (Lipinski definition) is 4. The fraction of sp³-hybridized carbons (Fsp3) is 0.900. The van der Waals surface area contributed by atoms with Crippen LogP contribution >= 0.6 is 0 Å². The molecule has 0 bridgehead atoms. The number of carbonyl (C=O) groups is 1. The second kappa shape index (κ2) is 6.91. The Morgan fingerprint density at radius 3 is 2.50 bits per heavy atom. The number of rotatable bonds is 6. The molecule has 0 spiro atoms. The van der Waals surface area contributed by atoms with E-state index in [1.165, 1.54) is 0 Å². The lowest BCUT2D eigenvalue weighted by Crippen LogP contribution is -2.47. The van der Waals surface area contributed by atoms with Gasteiger partial charge in [0.15, 0.2) is 0 Å². The van der Waals surface area contributed by atoms with Crippen LogP contribution in [0.1, 0.15) is 12.8 Å². The summed E-state index contributed by atoms with van der Waals surface area (Å²) < 4.78 is 39.3. The number of primary amides is 1. The van der Waals surface area contributed by atoms with Crippen LogP contribution in [-0.2, 0) is 9.53 Å². The highest BCUT2D eigenvalue weighted by Gasteiger charge is 2.30. The van der Waals surface area contributed by atoms with Crippen molar-refractivity contribution in [1.82, 2.24) is 10.2 Å². The molecule has 3 N–H and O–H groups in total. The highest BCUT2D eigenvalue weighted by molar-refractivity contribution is 5.75. The first kappa shape index (κ1) is 15.2. The zero-order valence-corrected chi connectivity index (χ0v) is 10.0. The van der Waals surface area contributed by atoms with Gasteiger partial charge in [-0.1, -0.05) is 0 Å². The van der Waals surface area contributed by atoms with Gasteiger partial charge in [0.1, 0.15) is 0 Å². The summed E-state index contributed by atoms with van der Waals surface area (Å²) in [5.74, 6) is -0.541. The molecule has 1 rings (SSSR count). The Bertz CT molecular complexity index is 268. The minimum Gasteiger partial charge on any atom is -0.369 e. The fourth-order valence-electron chi connectivity index (χ4n) is 2.04. The lowest BCUT2D eigenvalue weighted by Gasteiger charge is -2.33. The van der Waals surface area contributed by atoms with Crippen molar-refractivity contribution < 1.29 is 22.7 Å². The van der Waals surface area contributed by atoms with Gasteiger partial charge in [-0.05, 0) is 25.9 Å². The molecule has 1 amide bonds. The van der Waals surface area contributed by atoms with Crippen LogP contribution in [0.15, 0.2) is 0 Å². The SMILES string of the molecule is NC(=O)CN(CCOC(F)(F)F)C1CCNCC1. The number of nitrogens with one attached hydrogen (secondary N) is 1. The number of carbonyl (C=O) groups excluding carboxylic acids is 1. The molecular formula is C10H18F3N3O2. The summed E-state index contributed by atoms with van der Waals surface area (Å²) in [4.78, 5) is 12.6. The Morgan fingerprint density at radius 2 is 2.00 bits per heavy atom. The predicted molar refractivity (Wildman–Crippen MR) is 58.7 cm³/mol. The summed E-state index contributed by atoms with van der Waals surface area (Å²) in [5.41, 5.74) is 5.10. The van der Waals surface area contributed by atoms with Crippen LogP contribution in [0.2, 0.25) is 0 Å². The number of nitrogens with zero attached hydrogens (tertiary/aromatic N) is 1. The molecule has 5 nitrogen and oxygen atoms in total. The van der Waals surface area contributed by atoms with Crippen molar-refractivity contribution in [1.29, 1.82) is 0 Å². The first-order valence-corrected chi connectivity index (χ1v) is 5.82. The molecule has 0 radical (unpaired) electrons. The van der Waals surface area contributed by atoms with E-state index >= 15 is 0 Å². The summed E-state index contributed by atoms with van der Waals surface area (Å²) in [6.07, 6.45) is -3.05. The normalized spacial score (nSPS) is 18.2. The maximum absolute atomic E-state index is 11.9. The van der Waals surface area contributed by atoms with E-state index in [9.17, 15) is 18.0 Å². The van der Waals surface area contributed by atoms with E-state index in [1.807, 2.05) is 0 Å². The maximum atomic E-state index is 11.9. The highest BCUT2D eigenvalue weighted by atomic mass is 19.4. The van der Waals surface area contributed by atoms with Crippen LogP contribution in [0, 0.1) is 0 Å². The van der Waals surface area contributed by atoms with Gasteiger partial charge in [0.05, 0.1) is 13.2 Å². The van der Waals surface area contributed by atoms with Crippen LogP contribution in [0.3, 0.4) is 0 Å². The average molecular weight is 269 g/mol. The Morgan fingerprint density at radius 1 is 1.39 bits per heavy atom. The molecule has 0 aliphatic carbocycles.